The lowest BCUT2D eigenvalue weighted by atomic mass is 10.1. The lowest BCUT2D eigenvalue weighted by Gasteiger charge is -2.25. The fourth-order valence-electron chi connectivity index (χ4n) is 4.71. The number of methoxy groups -OCH3 is 1. The summed E-state index contributed by atoms with van der Waals surface area (Å²) in [6, 6.07) is 9.65. The van der Waals surface area contributed by atoms with Crippen LogP contribution >= 0.6 is 0 Å². The van der Waals surface area contributed by atoms with Crippen molar-refractivity contribution in [3.63, 3.8) is 0 Å². The number of amides is 1. The molecule has 0 fully saturated rings. The van der Waals surface area contributed by atoms with Crippen LogP contribution in [0.2, 0.25) is 0 Å². The molecule has 0 spiro atoms. The van der Waals surface area contributed by atoms with Crippen LogP contribution in [0.4, 0.5) is 20.3 Å². The number of H-pyrrole nitrogens is 1. The Labute approximate surface area is 255 Å². The number of ether oxygens (including phenoxy) is 2. The predicted molar refractivity (Wildman–Crippen MR) is 165 cm³/mol. The fraction of sp³-hybridized carbons (Fsp3) is 0.258. The van der Waals surface area contributed by atoms with Crippen molar-refractivity contribution in [1.82, 2.24) is 24.3 Å². The Morgan fingerprint density at radius 1 is 1.07 bits per heavy atom. The van der Waals surface area contributed by atoms with Gasteiger partial charge in [0.15, 0.2) is 23.0 Å². The topological polar surface area (TPSA) is 145 Å². The number of benzene rings is 2. The first kappa shape index (κ1) is 31.1. The SMILES string of the molecule is COCC(C)(C)Nc1n[nH]c2nccc(Oc3ccc(NC(=O)c4cn(C(C)C)c(=O)n(-c5ccc(F)cc5)c4=O)cc3F)c12. The molecule has 5 aromatic rings. The summed E-state index contributed by atoms with van der Waals surface area (Å²) in [6.07, 6.45) is 2.64. The van der Waals surface area contributed by atoms with Crippen molar-refractivity contribution in [3.8, 4) is 17.2 Å². The summed E-state index contributed by atoms with van der Waals surface area (Å²) >= 11 is 0. The Hall–Kier alpha value is -5.37. The minimum Gasteiger partial charge on any atom is -0.453 e. The van der Waals surface area contributed by atoms with Gasteiger partial charge in [0.05, 0.1) is 17.8 Å². The highest BCUT2D eigenvalue weighted by atomic mass is 19.1. The van der Waals surface area contributed by atoms with Crippen LogP contribution in [0.15, 0.2) is 70.5 Å². The zero-order valence-corrected chi connectivity index (χ0v) is 25.1. The molecule has 3 aromatic heterocycles. The molecule has 1 amide bonds. The Balaban J connectivity index is 1.43. The third-order valence-corrected chi connectivity index (χ3v) is 6.79. The van der Waals surface area contributed by atoms with E-state index in [-0.39, 0.29) is 28.4 Å². The zero-order valence-electron chi connectivity index (χ0n) is 25.1. The number of carbonyl (C=O) groups excluding carboxylic acids is 1. The molecule has 12 nitrogen and oxygen atoms in total. The molecule has 5 rings (SSSR count). The second-order valence-electron chi connectivity index (χ2n) is 11.2. The van der Waals surface area contributed by atoms with Gasteiger partial charge >= 0.3 is 5.69 Å². The highest BCUT2D eigenvalue weighted by Gasteiger charge is 2.23. The van der Waals surface area contributed by atoms with Crippen molar-refractivity contribution in [3.05, 3.63) is 99.0 Å². The third-order valence-electron chi connectivity index (χ3n) is 6.79. The minimum absolute atomic E-state index is 0.0340. The van der Waals surface area contributed by atoms with Crippen molar-refractivity contribution in [2.45, 2.75) is 39.3 Å². The number of fused-ring (bicyclic) bond motifs is 1. The average molecular weight is 620 g/mol. The maximum absolute atomic E-state index is 15.3. The standard InChI is InChI=1S/C31H31F2N7O5/c1-17(2)39-15-21(29(42)40(30(39)43)20-9-6-18(32)7-10-20)28(41)35-19-8-11-23(22(33)14-19)45-24-12-13-34-26-25(24)27(38-37-26)36-31(3,4)16-44-5/h6-15,17H,16H2,1-5H3,(H,35,41)(H2,34,36,37,38). The van der Waals surface area contributed by atoms with E-state index in [0.29, 0.717) is 23.5 Å². The lowest BCUT2D eigenvalue weighted by molar-refractivity contribution is 0.102. The van der Waals surface area contributed by atoms with Crippen LogP contribution in [0.25, 0.3) is 16.7 Å². The summed E-state index contributed by atoms with van der Waals surface area (Å²) in [5, 5.41) is 13.4. The summed E-state index contributed by atoms with van der Waals surface area (Å²) in [5.41, 5.74) is -1.93. The largest absolute Gasteiger partial charge is 0.453 e. The van der Waals surface area contributed by atoms with Gasteiger partial charge in [0.2, 0.25) is 0 Å². The first-order valence-corrected chi connectivity index (χ1v) is 13.9. The van der Waals surface area contributed by atoms with Crippen LogP contribution in [-0.4, -0.2) is 49.5 Å². The van der Waals surface area contributed by atoms with Gasteiger partial charge in [-0.3, -0.25) is 19.3 Å². The number of pyridine rings is 1. The van der Waals surface area contributed by atoms with Crippen molar-refractivity contribution >= 4 is 28.4 Å². The number of carbonyl (C=O) groups is 1. The second kappa shape index (κ2) is 12.3. The van der Waals surface area contributed by atoms with Crippen LogP contribution in [0.5, 0.6) is 11.5 Å². The molecule has 0 radical (unpaired) electrons. The van der Waals surface area contributed by atoms with E-state index in [1.807, 2.05) is 13.8 Å². The number of aromatic nitrogens is 5. The minimum atomic E-state index is -0.915. The van der Waals surface area contributed by atoms with Gasteiger partial charge in [-0.25, -0.2) is 23.1 Å². The van der Waals surface area contributed by atoms with Gasteiger partial charge in [-0.15, -0.1) is 0 Å². The Morgan fingerprint density at radius 3 is 2.47 bits per heavy atom. The van der Waals surface area contributed by atoms with Crippen LogP contribution in [0.1, 0.15) is 44.1 Å². The zero-order chi connectivity index (χ0) is 32.5. The number of rotatable bonds is 10. The summed E-state index contributed by atoms with van der Waals surface area (Å²) in [6.45, 7) is 7.65. The Bertz CT molecular complexity index is 2000. The molecule has 0 atom stereocenters. The molecule has 0 aliphatic heterocycles. The molecule has 2 aromatic carbocycles. The third kappa shape index (κ3) is 6.45. The van der Waals surface area contributed by atoms with E-state index in [4.69, 9.17) is 9.47 Å². The fourth-order valence-corrected chi connectivity index (χ4v) is 4.71. The van der Waals surface area contributed by atoms with Gasteiger partial charge in [-0.1, -0.05) is 0 Å². The van der Waals surface area contributed by atoms with E-state index >= 15 is 4.39 Å². The number of halogens is 2. The van der Waals surface area contributed by atoms with Gasteiger partial charge in [-0.2, -0.15) is 5.10 Å². The highest BCUT2D eigenvalue weighted by molar-refractivity contribution is 6.04. The van der Waals surface area contributed by atoms with Crippen molar-refractivity contribution in [2.24, 2.45) is 0 Å². The number of hydrogen-bond acceptors (Lipinski definition) is 8. The summed E-state index contributed by atoms with van der Waals surface area (Å²) in [4.78, 5) is 43.9. The van der Waals surface area contributed by atoms with Crippen LogP contribution in [0, 0.1) is 11.6 Å². The van der Waals surface area contributed by atoms with E-state index in [2.05, 4.69) is 25.8 Å². The van der Waals surface area contributed by atoms with Crippen molar-refractivity contribution in [1.29, 1.82) is 0 Å². The average Bonchev–Trinajstić information content (AvgIpc) is 3.38. The van der Waals surface area contributed by atoms with Gasteiger partial charge in [0.25, 0.3) is 11.5 Å². The first-order chi connectivity index (χ1) is 21.4. The summed E-state index contributed by atoms with van der Waals surface area (Å²) < 4.78 is 42.0. The Morgan fingerprint density at radius 2 is 1.80 bits per heavy atom. The molecule has 0 unspecified atom stereocenters. The number of nitrogens with one attached hydrogen (secondary N) is 3. The smallest absolute Gasteiger partial charge is 0.335 e. The molecule has 0 saturated carbocycles. The first-order valence-electron chi connectivity index (χ1n) is 13.9. The molecular weight excluding hydrogens is 588 g/mol. The molecule has 3 N–H and O–H groups in total. The predicted octanol–water partition coefficient (Wildman–Crippen LogP) is 5.01. The van der Waals surface area contributed by atoms with Crippen molar-refractivity contribution < 1.29 is 23.0 Å². The van der Waals surface area contributed by atoms with E-state index in [0.717, 1.165) is 29.0 Å². The molecule has 0 aliphatic rings. The highest BCUT2D eigenvalue weighted by Crippen LogP contribution is 2.35. The summed E-state index contributed by atoms with van der Waals surface area (Å²) in [7, 11) is 1.59. The second-order valence-corrected chi connectivity index (χ2v) is 11.2. The molecule has 0 saturated heterocycles. The van der Waals surface area contributed by atoms with Crippen LogP contribution in [-0.2, 0) is 4.74 Å². The molecule has 234 valence electrons. The number of nitrogens with zero attached hydrogens (tertiary/aromatic N) is 4. The number of hydrogen-bond donors (Lipinski definition) is 3. The van der Waals surface area contributed by atoms with E-state index in [1.54, 1.807) is 27.0 Å². The molecule has 0 aliphatic carbocycles. The molecule has 0 bridgehead atoms. The van der Waals surface area contributed by atoms with Crippen LogP contribution in [0.3, 0.4) is 0 Å². The van der Waals surface area contributed by atoms with Crippen LogP contribution < -0.4 is 26.6 Å². The number of anilines is 2. The molecule has 3 heterocycles. The van der Waals surface area contributed by atoms with Crippen molar-refractivity contribution in [2.75, 3.05) is 24.4 Å². The van der Waals surface area contributed by atoms with E-state index in [9.17, 15) is 18.8 Å². The monoisotopic (exact) mass is 619 g/mol. The molecule has 14 heteroatoms. The Kier molecular flexibility index (Phi) is 8.51. The quantitative estimate of drug-likeness (QED) is 0.198. The van der Waals surface area contributed by atoms with Gasteiger partial charge in [0.1, 0.15) is 22.5 Å². The maximum Gasteiger partial charge on any atom is 0.335 e. The van der Waals surface area contributed by atoms with Gasteiger partial charge in [-0.05, 0) is 64.1 Å². The number of aromatic amines is 1. The van der Waals surface area contributed by atoms with Gasteiger partial charge < -0.3 is 20.1 Å². The summed E-state index contributed by atoms with van der Waals surface area (Å²) in [5.74, 6) is -1.66. The lowest BCUT2D eigenvalue weighted by Crippen LogP contribution is -2.42. The van der Waals surface area contributed by atoms with E-state index < -0.39 is 40.4 Å². The molecule has 45 heavy (non-hydrogen) atoms. The normalized spacial score (nSPS) is 11.6. The maximum atomic E-state index is 15.3. The molecular formula is C31H31F2N7O5. The van der Waals surface area contributed by atoms with E-state index in [1.165, 1.54) is 35.0 Å². The van der Waals surface area contributed by atoms with Gasteiger partial charge in [0, 0.05) is 43.4 Å².